The average Bonchev–Trinajstić information content (AvgIpc) is 2.81. The number of benzene rings is 3. The summed E-state index contributed by atoms with van der Waals surface area (Å²) in [7, 11) is 0. The summed E-state index contributed by atoms with van der Waals surface area (Å²) in [4.78, 5) is 11.0. The van der Waals surface area contributed by atoms with Gasteiger partial charge in [-0.1, -0.05) is 36.4 Å². The van der Waals surface area contributed by atoms with Gasteiger partial charge in [-0.2, -0.15) is 0 Å². The molecular weight excluding hydrogens is 603 g/mol. The van der Waals surface area contributed by atoms with E-state index in [1.165, 1.54) is 0 Å². The minimum Gasteiger partial charge on any atom is -0.393 e. The number of aryl methyl sites for hydroxylation is 1. The molecule has 1 radical (unpaired) electrons. The Morgan fingerprint density at radius 2 is 1.29 bits per heavy atom. The van der Waals surface area contributed by atoms with E-state index in [1.807, 2.05) is 55.5 Å². The molecule has 34 heavy (non-hydrogen) atoms. The summed E-state index contributed by atoms with van der Waals surface area (Å²) < 4.78 is 0. The minimum absolute atomic E-state index is 0. The van der Waals surface area contributed by atoms with Crippen LogP contribution in [0.1, 0.15) is 26.0 Å². The first kappa shape index (κ1) is 27.4. The molecule has 3 aromatic carbocycles. The van der Waals surface area contributed by atoms with Crippen molar-refractivity contribution in [3.05, 3.63) is 103 Å². The van der Waals surface area contributed by atoms with E-state index in [9.17, 15) is 0 Å². The van der Waals surface area contributed by atoms with Crippen LogP contribution >= 0.6 is 0 Å². The third-order valence-electron chi connectivity index (χ3n) is 4.90. The fourth-order valence-corrected chi connectivity index (χ4v) is 3.47. The van der Waals surface area contributed by atoms with E-state index >= 15 is 0 Å². The van der Waals surface area contributed by atoms with Gasteiger partial charge in [-0.25, -0.2) is 0 Å². The van der Waals surface area contributed by atoms with E-state index in [-0.39, 0.29) is 32.3 Å². The van der Waals surface area contributed by atoms with E-state index in [0.29, 0.717) is 6.42 Å². The molecule has 2 N–H and O–H groups in total. The van der Waals surface area contributed by atoms with Gasteiger partial charge in [-0.3, -0.25) is 4.98 Å². The summed E-state index contributed by atoms with van der Waals surface area (Å²) in [5.74, 6) is 0. The molecular formula is C28H30IrN3O2-. The molecule has 4 rings (SSSR count). The molecule has 5 nitrogen and oxygen atoms in total. The molecule has 1 aromatic heterocycles. The molecule has 0 aliphatic carbocycles. The van der Waals surface area contributed by atoms with E-state index in [1.54, 1.807) is 26.2 Å². The maximum absolute atomic E-state index is 8.56. The zero-order valence-corrected chi connectivity index (χ0v) is 22.0. The Labute approximate surface area is 215 Å². The molecule has 4 aromatic rings. The Bertz CT molecular complexity index is 1060. The Hall–Kier alpha value is -2.89. The van der Waals surface area contributed by atoms with Crippen molar-refractivity contribution in [2.75, 3.05) is 4.90 Å². The van der Waals surface area contributed by atoms with Gasteiger partial charge in [0.2, 0.25) is 0 Å². The summed E-state index contributed by atoms with van der Waals surface area (Å²) in [6.45, 7) is 5.28. The van der Waals surface area contributed by atoms with E-state index in [4.69, 9.17) is 10.2 Å². The van der Waals surface area contributed by atoms with Gasteiger partial charge in [0.25, 0.3) is 0 Å². The first-order chi connectivity index (χ1) is 16.0. The number of hydrogen-bond donors (Lipinski definition) is 2. The van der Waals surface area contributed by atoms with E-state index < -0.39 is 0 Å². The third-order valence-corrected chi connectivity index (χ3v) is 4.90. The monoisotopic (exact) mass is 633 g/mol. The third kappa shape index (κ3) is 7.86. The van der Waals surface area contributed by atoms with Crippen LogP contribution in [0.2, 0.25) is 0 Å². The van der Waals surface area contributed by atoms with Gasteiger partial charge in [0, 0.05) is 55.3 Å². The van der Waals surface area contributed by atoms with Crippen LogP contribution in [0.15, 0.2) is 91.3 Å². The maximum Gasteiger partial charge on any atom is 0.0536 e. The molecule has 0 bridgehead atoms. The number of aliphatic hydroxyl groups excluding tert-OH is 2. The van der Waals surface area contributed by atoms with Gasteiger partial charge in [-0.05, 0) is 57.1 Å². The van der Waals surface area contributed by atoms with Crippen molar-refractivity contribution in [1.82, 2.24) is 9.97 Å². The number of hydrogen-bond acceptors (Lipinski definition) is 5. The largest absolute Gasteiger partial charge is 0.393 e. The van der Waals surface area contributed by atoms with Crippen LogP contribution in [0.4, 0.5) is 17.1 Å². The molecule has 1 heterocycles. The molecule has 0 aliphatic heterocycles. The van der Waals surface area contributed by atoms with E-state index in [2.05, 4.69) is 51.3 Å². The zero-order chi connectivity index (χ0) is 23.6. The fourth-order valence-electron chi connectivity index (χ4n) is 3.47. The summed E-state index contributed by atoms with van der Waals surface area (Å²) in [6, 6.07) is 30.2. The second-order valence-corrected chi connectivity index (χ2v) is 7.89. The van der Waals surface area contributed by atoms with E-state index in [0.717, 1.165) is 34.0 Å². The van der Waals surface area contributed by atoms with Gasteiger partial charge >= 0.3 is 0 Å². The number of aromatic nitrogens is 2. The number of anilines is 3. The summed E-state index contributed by atoms with van der Waals surface area (Å²) in [5.41, 5.74) is 5.98. The fraction of sp³-hybridized carbons (Fsp3) is 0.214. The van der Waals surface area contributed by atoms with Crippen molar-refractivity contribution in [3.63, 3.8) is 0 Å². The molecule has 0 saturated carbocycles. The van der Waals surface area contributed by atoms with Crippen LogP contribution in [-0.4, -0.2) is 32.4 Å². The predicted octanol–water partition coefficient (Wildman–Crippen LogP) is 5.86. The molecule has 179 valence electrons. The van der Waals surface area contributed by atoms with Gasteiger partial charge < -0.3 is 20.1 Å². The number of rotatable bonds is 6. The smallest absolute Gasteiger partial charge is 0.0536 e. The standard InChI is InChI=1S/C23H18N3.C5H12O2.Ir/c1-18-23(25-17-16-24-18)19-12-14-22(15-13-19)26(20-8-4-2-5-9-20)21-10-6-3-7-11-21;1-4(6)3-5(2)7;/h2-12,14-17H,1H3;4-7H,3H2,1-2H3;/q-1;;. The molecule has 2 unspecified atom stereocenters. The Morgan fingerprint density at radius 3 is 1.71 bits per heavy atom. The van der Waals surface area contributed by atoms with Crippen molar-refractivity contribution in [2.45, 2.75) is 39.4 Å². The molecule has 0 spiro atoms. The number of para-hydroxylation sites is 2. The van der Waals surface area contributed by atoms with Gasteiger partial charge in [0.1, 0.15) is 0 Å². The Morgan fingerprint density at radius 1 is 0.765 bits per heavy atom. The van der Waals surface area contributed by atoms with Crippen LogP contribution in [0.25, 0.3) is 11.3 Å². The van der Waals surface area contributed by atoms with Crippen molar-refractivity contribution in [2.24, 2.45) is 0 Å². The van der Waals surface area contributed by atoms with Crippen LogP contribution in [0, 0.1) is 13.0 Å². The minimum atomic E-state index is -0.375. The van der Waals surface area contributed by atoms with Crippen LogP contribution in [0.3, 0.4) is 0 Å². The first-order valence-electron chi connectivity index (χ1n) is 11.0. The number of aliphatic hydroxyl groups is 2. The van der Waals surface area contributed by atoms with Crippen LogP contribution in [-0.2, 0) is 20.1 Å². The molecule has 0 aliphatic rings. The topological polar surface area (TPSA) is 69.5 Å². The van der Waals surface area contributed by atoms with Crippen LogP contribution < -0.4 is 4.90 Å². The molecule has 0 saturated heterocycles. The molecule has 2 atom stereocenters. The quantitative estimate of drug-likeness (QED) is 0.261. The van der Waals surface area contributed by atoms with Gasteiger partial charge in [0.05, 0.1) is 12.2 Å². The maximum atomic E-state index is 8.56. The summed E-state index contributed by atoms with van der Waals surface area (Å²) in [5, 5.41) is 17.1. The molecule has 0 fully saturated rings. The van der Waals surface area contributed by atoms with Gasteiger partial charge in [0.15, 0.2) is 0 Å². The Balaban J connectivity index is 0.000000449. The molecule has 0 amide bonds. The van der Waals surface area contributed by atoms with Crippen molar-refractivity contribution in [1.29, 1.82) is 0 Å². The second kappa shape index (κ2) is 13.7. The first-order valence-corrected chi connectivity index (χ1v) is 11.0. The number of nitrogens with zero attached hydrogens (tertiary/aromatic N) is 3. The average molecular weight is 633 g/mol. The summed E-state index contributed by atoms with van der Waals surface area (Å²) >= 11 is 0. The van der Waals surface area contributed by atoms with Crippen molar-refractivity contribution in [3.8, 4) is 11.3 Å². The van der Waals surface area contributed by atoms with Crippen LogP contribution in [0.5, 0.6) is 0 Å². The SMILES string of the molecule is CC(O)CC(C)O.Cc1nccnc1-c1[c-]cc(N(c2ccccc2)c2ccccc2)cc1.[Ir]. The second-order valence-electron chi connectivity index (χ2n) is 7.89. The van der Waals surface area contributed by atoms with Crippen molar-refractivity contribution < 1.29 is 30.3 Å². The normalized spacial score (nSPS) is 11.9. The predicted molar refractivity (Wildman–Crippen MR) is 134 cm³/mol. The van der Waals surface area contributed by atoms with Crippen molar-refractivity contribution >= 4 is 17.1 Å². The van der Waals surface area contributed by atoms with Gasteiger partial charge in [-0.15, -0.1) is 29.8 Å². The molecule has 6 heteroatoms. The Kier molecular flexibility index (Phi) is 11.0. The summed E-state index contributed by atoms with van der Waals surface area (Å²) in [6.07, 6.45) is 3.14. The zero-order valence-electron chi connectivity index (χ0n) is 19.6.